The van der Waals surface area contributed by atoms with Crippen LogP contribution in [-0.2, 0) is 12.8 Å². The maximum atomic E-state index is 10.2. The first-order valence-corrected chi connectivity index (χ1v) is 8.85. The highest BCUT2D eigenvalue weighted by molar-refractivity contribution is 5.44. The van der Waals surface area contributed by atoms with Gasteiger partial charge in [-0.25, -0.2) is 0 Å². The van der Waals surface area contributed by atoms with E-state index in [0.29, 0.717) is 0 Å². The fourth-order valence-electron chi connectivity index (χ4n) is 2.62. The molecule has 2 aromatic carbocycles. The maximum Gasteiger partial charge on any atom is 0.269 e. The highest BCUT2D eigenvalue weighted by Gasteiger charge is 2.11. The van der Waals surface area contributed by atoms with E-state index in [1.807, 2.05) is 13.0 Å². The molecule has 0 N–H and O–H groups in total. The highest BCUT2D eigenvalue weighted by Crippen LogP contribution is 2.23. The Morgan fingerprint density at radius 1 is 1.08 bits per heavy atom. The van der Waals surface area contributed by atoms with Gasteiger partial charge in [0.05, 0.1) is 4.92 Å². The van der Waals surface area contributed by atoms with Crippen LogP contribution in [0.3, 0.4) is 0 Å². The third-order valence-corrected chi connectivity index (χ3v) is 4.19. The van der Waals surface area contributed by atoms with Crippen molar-refractivity contribution < 1.29 is 4.92 Å². The third kappa shape index (κ3) is 6.11. The zero-order valence-corrected chi connectivity index (χ0v) is 15.1. The minimum atomic E-state index is -0.396. The number of rotatable bonds is 4. The van der Waals surface area contributed by atoms with Gasteiger partial charge in [0, 0.05) is 30.5 Å². The van der Waals surface area contributed by atoms with Crippen molar-refractivity contribution in [3.05, 3.63) is 74.8 Å². The summed E-state index contributed by atoms with van der Waals surface area (Å²) in [5, 5.41) is 10.2. The number of hydrogen-bond donors (Lipinski definition) is 0. The molecule has 0 heterocycles. The number of benzene rings is 2. The molecule has 0 saturated heterocycles. The SMILES string of the molecule is C#CCCCCC#Cc1ccc2c(c1)CC2.Cc1cccc([N+](=O)[O-])c1. The minimum absolute atomic E-state index is 0.153. The highest BCUT2D eigenvalue weighted by atomic mass is 16.6. The van der Waals surface area contributed by atoms with E-state index < -0.39 is 4.92 Å². The second kappa shape index (κ2) is 10.1. The van der Waals surface area contributed by atoms with Gasteiger partial charge in [0.25, 0.3) is 5.69 Å². The van der Waals surface area contributed by atoms with Crippen LogP contribution < -0.4 is 0 Å². The monoisotopic (exact) mass is 345 g/mol. The average Bonchev–Trinajstić information content (AvgIpc) is 2.60. The number of nitrogens with zero attached hydrogens (tertiary/aromatic N) is 1. The van der Waals surface area contributed by atoms with Crippen LogP contribution in [0.4, 0.5) is 5.69 Å². The van der Waals surface area contributed by atoms with Crippen molar-refractivity contribution in [2.24, 2.45) is 0 Å². The molecule has 1 aliphatic rings. The molecular formula is C23H23NO2. The molecule has 0 saturated carbocycles. The summed E-state index contributed by atoms with van der Waals surface area (Å²) in [7, 11) is 0. The Kier molecular flexibility index (Phi) is 7.47. The van der Waals surface area contributed by atoms with Crippen LogP contribution >= 0.6 is 0 Å². The van der Waals surface area contributed by atoms with Gasteiger partial charge in [-0.05, 0) is 61.4 Å². The van der Waals surface area contributed by atoms with Gasteiger partial charge in [0.1, 0.15) is 0 Å². The van der Waals surface area contributed by atoms with Crippen LogP contribution in [0.2, 0.25) is 0 Å². The van der Waals surface area contributed by atoms with Crippen molar-refractivity contribution in [1.82, 2.24) is 0 Å². The van der Waals surface area contributed by atoms with Gasteiger partial charge in [-0.2, -0.15) is 0 Å². The van der Waals surface area contributed by atoms with Crippen molar-refractivity contribution in [3.8, 4) is 24.2 Å². The van der Waals surface area contributed by atoms with Crippen LogP contribution in [0.1, 0.15) is 47.9 Å². The molecule has 3 nitrogen and oxygen atoms in total. The van der Waals surface area contributed by atoms with Crippen LogP contribution in [0.5, 0.6) is 0 Å². The van der Waals surface area contributed by atoms with Gasteiger partial charge < -0.3 is 0 Å². The molecule has 3 rings (SSSR count). The van der Waals surface area contributed by atoms with E-state index in [1.165, 1.54) is 30.0 Å². The molecule has 132 valence electrons. The zero-order valence-electron chi connectivity index (χ0n) is 15.1. The van der Waals surface area contributed by atoms with E-state index in [0.717, 1.165) is 36.8 Å². The van der Waals surface area contributed by atoms with Crippen LogP contribution in [0.25, 0.3) is 0 Å². The molecule has 0 amide bonds. The van der Waals surface area contributed by atoms with Crippen LogP contribution in [0, 0.1) is 41.2 Å². The molecule has 0 spiro atoms. The lowest BCUT2D eigenvalue weighted by Gasteiger charge is -2.17. The second-order valence-electron chi connectivity index (χ2n) is 6.29. The summed E-state index contributed by atoms with van der Waals surface area (Å²) < 4.78 is 0. The lowest BCUT2D eigenvalue weighted by molar-refractivity contribution is -0.384. The Bertz CT molecular complexity index is 866. The van der Waals surface area contributed by atoms with E-state index in [1.54, 1.807) is 12.1 Å². The average molecular weight is 345 g/mol. The van der Waals surface area contributed by atoms with E-state index >= 15 is 0 Å². The number of hydrogen-bond acceptors (Lipinski definition) is 2. The molecular weight excluding hydrogens is 322 g/mol. The summed E-state index contributed by atoms with van der Waals surface area (Å²) in [6.07, 6.45) is 11.7. The molecule has 0 aliphatic heterocycles. The van der Waals surface area contributed by atoms with Gasteiger partial charge in [0.2, 0.25) is 0 Å². The second-order valence-corrected chi connectivity index (χ2v) is 6.29. The molecule has 0 aromatic heterocycles. The van der Waals surface area contributed by atoms with E-state index in [9.17, 15) is 10.1 Å². The third-order valence-electron chi connectivity index (χ3n) is 4.19. The van der Waals surface area contributed by atoms with E-state index in [4.69, 9.17) is 6.42 Å². The van der Waals surface area contributed by atoms with Crippen molar-refractivity contribution in [2.45, 2.75) is 45.4 Å². The number of nitro benzene ring substituents is 1. The number of aryl methyl sites for hydroxylation is 3. The molecule has 26 heavy (non-hydrogen) atoms. The first kappa shape index (κ1) is 19.3. The quantitative estimate of drug-likeness (QED) is 0.329. The Labute approximate surface area is 155 Å². The topological polar surface area (TPSA) is 43.1 Å². The van der Waals surface area contributed by atoms with Crippen molar-refractivity contribution in [3.63, 3.8) is 0 Å². The summed E-state index contributed by atoms with van der Waals surface area (Å²) in [4.78, 5) is 9.76. The predicted octanol–water partition coefficient (Wildman–Crippen LogP) is 5.23. The first-order valence-electron chi connectivity index (χ1n) is 8.85. The molecule has 0 radical (unpaired) electrons. The molecule has 0 fully saturated rings. The Hall–Kier alpha value is -3.04. The first-order chi connectivity index (χ1) is 12.6. The summed E-state index contributed by atoms with van der Waals surface area (Å²) in [5.74, 6) is 9.08. The van der Waals surface area contributed by atoms with Gasteiger partial charge in [-0.3, -0.25) is 10.1 Å². The normalized spacial score (nSPS) is 10.8. The molecule has 0 unspecified atom stereocenters. The summed E-state index contributed by atoms with van der Waals surface area (Å²) in [6.45, 7) is 1.83. The predicted molar refractivity (Wildman–Crippen MR) is 106 cm³/mol. The number of unbranched alkanes of at least 4 members (excludes halogenated alkanes) is 3. The van der Waals surface area contributed by atoms with Crippen molar-refractivity contribution in [1.29, 1.82) is 0 Å². The molecule has 2 aromatic rings. The summed E-state index contributed by atoms with van der Waals surface area (Å²) in [6, 6.07) is 13.1. The Morgan fingerprint density at radius 2 is 1.85 bits per heavy atom. The van der Waals surface area contributed by atoms with Gasteiger partial charge in [0.15, 0.2) is 0 Å². The smallest absolute Gasteiger partial charge is 0.258 e. The van der Waals surface area contributed by atoms with Gasteiger partial charge >= 0.3 is 0 Å². The van der Waals surface area contributed by atoms with E-state index in [-0.39, 0.29) is 5.69 Å². The number of non-ortho nitro benzene ring substituents is 1. The molecule has 0 atom stereocenters. The maximum absolute atomic E-state index is 10.2. The van der Waals surface area contributed by atoms with Crippen LogP contribution in [-0.4, -0.2) is 4.92 Å². The number of terminal acetylenes is 1. The molecule has 1 aliphatic carbocycles. The lowest BCUT2D eigenvalue weighted by atomic mass is 9.87. The van der Waals surface area contributed by atoms with Crippen LogP contribution in [0.15, 0.2) is 42.5 Å². The van der Waals surface area contributed by atoms with E-state index in [2.05, 4.69) is 36.0 Å². The largest absolute Gasteiger partial charge is 0.269 e. The molecule has 3 heteroatoms. The number of fused-ring (bicyclic) bond motifs is 1. The Morgan fingerprint density at radius 3 is 2.42 bits per heavy atom. The summed E-state index contributed by atoms with van der Waals surface area (Å²) >= 11 is 0. The summed E-state index contributed by atoms with van der Waals surface area (Å²) in [5.41, 5.74) is 5.21. The van der Waals surface area contributed by atoms with Crippen molar-refractivity contribution >= 4 is 5.69 Å². The number of nitro groups is 1. The van der Waals surface area contributed by atoms with Gasteiger partial charge in [-0.1, -0.05) is 30.0 Å². The minimum Gasteiger partial charge on any atom is -0.258 e. The van der Waals surface area contributed by atoms with Crippen molar-refractivity contribution in [2.75, 3.05) is 0 Å². The zero-order chi connectivity index (χ0) is 18.8. The fourth-order valence-corrected chi connectivity index (χ4v) is 2.62. The standard InChI is InChI=1S/C16H16.C7H7NO2/c1-2-3-4-5-6-7-8-14-9-10-15-11-12-16(15)13-14;1-6-3-2-4-7(5-6)8(9)10/h1,9-10,13H,3-6,11-12H2;2-5H,1H3. The fraction of sp³-hybridized carbons (Fsp3) is 0.304. The molecule has 0 bridgehead atoms. The van der Waals surface area contributed by atoms with Gasteiger partial charge in [-0.15, -0.1) is 12.3 Å². The Balaban J connectivity index is 0.000000209. The lowest BCUT2D eigenvalue weighted by Crippen LogP contribution is -2.07.